The van der Waals surface area contributed by atoms with Gasteiger partial charge in [-0.25, -0.2) is 4.31 Å². The molecule has 0 saturated carbocycles. The van der Waals surface area contributed by atoms with Crippen molar-refractivity contribution in [1.82, 2.24) is 0 Å². The number of rotatable bonds is 4. The molecular formula is C12H26O5P2. The third kappa shape index (κ3) is 3.51. The van der Waals surface area contributed by atoms with Crippen LogP contribution in [0.2, 0.25) is 0 Å². The van der Waals surface area contributed by atoms with Gasteiger partial charge in [0.15, 0.2) is 0 Å². The molecule has 0 aromatic heterocycles. The van der Waals surface area contributed by atoms with E-state index in [1.165, 1.54) is 0 Å². The van der Waals surface area contributed by atoms with E-state index >= 15 is 0 Å². The molecule has 19 heavy (non-hydrogen) atoms. The maximum atomic E-state index is 11.9. The first-order valence-electron chi connectivity index (χ1n) is 7.06. The summed E-state index contributed by atoms with van der Waals surface area (Å²) in [7, 11) is -5.48. The SMILES string of the molecule is CCC1(CC)CCO[PH](=O)O[PH](=O)OC1(CC)CC. The summed E-state index contributed by atoms with van der Waals surface area (Å²) in [5.41, 5.74) is -0.616. The van der Waals surface area contributed by atoms with Crippen molar-refractivity contribution in [3.05, 3.63) is 0 Å². The van der Waals surface area contributed by atoms with Crippen LogP contribution in [0.4, 0.5) is 0 Å². The van der Waals surface area contributed by atoms with E-state index in [2.05, 4.69) is 13.8 Å². The Morgan fingerprint density at radius 1 is 0.947 bits per heavy atom. The summed E-state index contributed by atoms with van der Waals surface area (Å²) >= 11 is 0. The lowest BCUT2D eigenvalue weighted by Gasteiger charge is -2.48. The van der Waals surface area contributed by atoms with Crippen molar-refractivity contribution in [3.8, 4) is 0 Å². The van der Waals surface area contributed by atoms with Crippen LogP contribution in [0.1, 0.15) is 59.8 Å². The lowest BCUT2D eigenvalue weighted by molar-refractivity contribution is -0.0810. The minimum absolute atomic E-state index is 0.118. The molecule has 7 heteroatoms. The Kier molecular flexibility index (Phi) is 6.75. The zero-order chi connectivity index (χ0) is 14.5. The first-order valence-corrected chi connectivity index (χ1v) is 9.51. The Morgan fingerprint density at radius 3 is 2.00 bits per heavy atom. The van der Waals surface area contributed by atoms with Gasteiger partial charge in [0.2, 0.25) is 0 Å². The van der Waals surface area contributed by atoms with Gasteiger partial charge in [-0.2, -0.15) is 0 Å². The third-order valence-electron chi connectivity index (χ3n) is 4.71. The molecular weight excluding hydrogens is 286 g/mol. The second kappa shape index (κ2) is 7.38. The van der Waals surface area contributed by atoms with Crippen LogP contribution in [0.15, 0.2) is 0 Å². The summed E-state index contributed by atoms with van der Waals surface area (Å²) in [6.45, 7) is 8.68. The van der Waals surface area contributed by atoms with E-state index in [4.69, 9.17) is 13.4 Å². The van der Waals surface area contributed by atoms with Crippen LogP contribution >= 0.6 is 16.5 Å². The highest BCUT2D eigenvalue weighted by atomic mass is 31.2. The van der Waals surface area contributed by atoms with Gasteiger partial charge >= 0.3 is 16.5 Å². The normalized spacial score (nSPS) is 31.2. The van der Waals surface area contributed by atoms with Gasteiger partial charge in [0.1, 0.15) is 0 Å². The minimum atomic E-state index is -2.79. The summed E-state index contributed by atoms with van der Waals surface area (Å²) < 4.78 is 39.2. The maximum absolute atomic E-state index is 11.9. The monoisotopic (exact) mass is 312 g/mol. The van der Waals surface area contributed by atoms with Crippen molar-refractivity contribution < 1.29 is 22.5 Å². The van der Waals surface area contributed by atoms with Crippen molar-refractivity contribution in [2.24, 2.45) is 5.41 Å². The highest BCUT2D eigenvalue weighted by Crippen LogP contribution is 2.55. The van der Waals surface area contributed by atoms with Gasteiger partial charge in [-0.3, -0.25) is 9.13 Å². The topological polar surface area (TPSA) is 61.8 Å². The molecule has 1 aliphatic rings. The largest absolute Gasteiger partial charge is 0.326 e. The molecule has 114 valence electrons. The predicted molar refractivity (Wildman–Crippen MR) is 77.1 cm³/mol. The molecule has 1 aliphatic heterocycles. The van der Waals surface area contributed by atoms with E-state index in [0.29, 0.717) is 6.61 Å². The van der Waals surface area contributed by atoms with Crippen LogP contribution in [0.5, 0.6) is 0 Å². The minimum Gasteiger partial charge on any atom is -0.310 e. The van der Waals surface area contributed by atoms with Gasteiger partial charge in [0.25, 0.3) is 0 Å². The van der Waals surface area contributed by atoms with E-state index in [9.17, 15) is 9.13 Å². The molecule has 1 fully saturated rings. The summed E-state index contributed by atoms with van der Waals surface area (Å²) in [6.07, 6.45) is 4.07. The van der Waals surface area contributed by atoms with Crippen LogP contribution in [0.3, 0.4) is 0 Å². The van der Waals surface area contributed by atoms with Gasteiger partial charge in [-0.1, -0.05) is 27.7 Å². The average Bonchev–Trinajstić information content (AvgIpc) is 2.45. The molecule has 1 heterocycles. The highest BCUT2D eigenvalue weighted by Gasteiger charge is 2.49. The van der Waals surface area contributed by atoms with E-state index in [1.807, 2.05) is 13.8 Å². The molecule has 5 nitrogen and oxygen atoms in total. The van der Waals surface area contributed by atoms with Crippen molar-refractivity contribution in [1.29, 1.82) is 0 Å². The zero-order valence-electron chi connectivity index (χ0n) is 12.3. The Balaban J connectivity index is 3.20. The van der Waals surface area contributed by atoms with Gasteiger partial charge in [0, 0.05) is 5.41 Å². The Labute approximate surface area is 117 Å². The van der Waals surface area contributed by atoms with Gasteiger partial charge < -0.3 is 9.05 Å². The van der Waals surface area contributed by atoms with Crippen molar-refractivity contribution >= 4 is 16.5 Å². The molecule has 2 unspecified atom stereocenters. The van der Waals surface area contributed by atoms with Gasteiger partial charge in [0.05, 0.1) is 12.2 Å². The number of hydrogen-bond acceptors (Lipinski definition) is 5. The van der Waals surface area contributed by atoms with E-state index in [-0.39, 0.29) is 5.41 Å². The number of hydrogen-bond donors (Lipinski definition) is 0. The highest BCUT2D eigenvalue weighted by molar-refractivity contribution is 7.47. The summed E-state index contributed by atoms with van der Waals surface area (Å²) in [5.74, 6) is 0. The molecule has 0 N–H and O–H groups in total. The maximum Gasteiger partial charge on any atom is 0.326 e. The first-order chi connectivity index (χ1) is 8.99. The van der Waals surface area contributed by atoms with Gasteiger partial charge in [-0.15, -0.1) is 0 Å². The molecule has 0 aromatic rings. The molecule has 0 aliphatic carbocycles. The molecule has 1 saturated heterocycles. The molecule has 2 atom stereocenters. The van der Waals surface area contributed by atoms with E-state index in [1.54, 1.807) is 0 Å². The van der Waals surface area contributed by atoms with Gasteiger partial charge in [-0.05, 0) is 32.1 Å². The molecule has 0 spiro atoms. The van der Waals surface area contributed by atoms with Crippen molar-refractivity contribution in [3.63, 3.8) is 0 Å². The lowest BCUT2D eigenvalue weighted by Crippen LogP contribution is -2.48. The fraction of sp³-hybridized carbons (Fsp3) is 1.00. The van der Waals surface area contributed by atoms with Crippen molar-refractivity contribution in [2.45, 2.75) is 65.4 Å². The Morgan fingerprint density at radius 2 is 1.53 bits per heavy atom. The Bertz CT molecular complexity index is 337. The van der Waals surface area contributed by atoms with Crippen LogP contribution in [0.25, 0.3) is 0 Å². The zero-order valence-corrected chi connectivity index (χ0v) is 14.3. The fourth-order valence-electron chi connectivity index (χ4n) is 3.34. The standard InChI is InChI=1S/C12H26O5P2/c1-5-11(6-2)9-10-15-18(13)17-19(14)16-12(11,7-3)8-4/h18-19H,5-10H2,1-4H3. The van der Waals surface area contributed by atoms with Crippen LogP contribution in [-0.4, -0.2) is 12.2 Å². The first kappa shape index (κ1) is 17.4. The molecule has 0 bridgehead atoms. The van der Waals surface area contributed by atoms with Crippen molar-refractivity contribution in [2.75, 3.05) is 6.61 Å². The van der Waals surface area contributed by atoms with Crippen LogP contribution in [0, 0.1) is 5.41 Å². The van der Waals surface area contributed by atoms with E-state index < -0.39 is 22.1 Å². The van der Waals surface area contributed by atoms with Crippen LogP contribution in [-0.2, 0) is 22.5 Å². The second-order valence-corrected chi connectivity index (χ2v) is 7.30. The predicted octanol–water partition coefficient (Wildman–Crippen LogP) is 4.58. The third-order valence-corrected chi connectivity index (χ3v) is 7.04. The molecule has 0 aromatic carbocycles. The second-order valence-electron chi connectivity index (χ2n) is 4.99. The Hall–Kier alpha value is 0.340. The average molecular weight is 312 g/mol. The quantitative estimate of drug-likeness (QED) is 0.711. The smallest absolute Gasteiger partial charge is 0.310 e. The lowest BCUT2D eigenvalue weighted by atomic mass is 9.64. The molecule has 0 radical (unpaired) electrons. The summed E-state index contributed by atoms with van der Waals surface area (Å²) in [4.78, 5) is 0. The summed E-state index contributed by atoms with van der Waals surface area (Å²) in [5, 5.41) is 0. The van der Waals surface area contributed by atoms with Crippen LogP contribution < -0.4 is 0 Å². The molecule has 0 amide bonds. The van der Waals surface area contributed by atoms with E-state index in [0.717, 1.165) is 32.1 Å². The molecule has 1 rings (SSSR count). The summed E-state index contributed by atoms with van der Waals surface area (Å²) in [6, 6.07) is 0. The fourth-order valence-corrected chi connectivity index (χ4v) is 5.38.